The molecular formula is C19H28F2IN3O. The number of rotatable bonds is 4. The number of halogens is 3. The molecule has 4 unspecified atom stereocenters. The number of ether oxygens (including phenoxy) is 1. The fourth-order valence-corrected chi connectivity index (χ4v) is 4.13. The maximum absolute atomic E-state index is 13.5. The summed E-state index contributed by atoms with van der Waals surface area (Å²) in [4.78, 5) is 4.52. The van der Waals surface area contributed by atoms with Crippen LogP contribution in [0.4, 0.5) is 8.78 Å². The molecule has 146 valence electrons. The van der Waals surface area contributed by atoms with Crippen LogP contribution in [0.25, 0.3) is 0 Å². The van der Waals surface area contributed by atoms with Crippen molar-refractivity contribution in [1.82, 2.24) is 10.6 Å². The van der Waals surface area contributed by atoms with Crippen LogP contribution in [0.3, 0.4) is 0 Å². The normalized spacial score (nSPS) is 27.8. The Labute approximate surface area is 171 Å². The summed E-state index contributed by atoms with van der Waals surface area (Å²) in [7, 11) is 0. The van der Waals surface area contributed by atoms with Crippen molar-refractivity contribution in [2.75, 3.05) is 13.2 Å². The van der Waals surface area contributed by atoms with Crippen molar-refractivity contribution in [3.8, 4) is 0 Å². The van der Waals surface area contributed by atoms with Crippen LogP contribution in [-0.2, 0) is 4.74 Å². The van der Waals surface area contributed by atoms with Gasteiger partial charge in [-0.3, -0.25) is 4.99 Å². The minimum Gasteiger partial charge on any atom is -0.377 e. The summed E-state index contributed by atoms with van der Waals surface area (Å²) in [6, 6.07) is 4.07. The van der Waals surface area contributed by atoms with Crippen molar-refractivity contribution in [2.24, 2.45) is 16.3 Å². The molecule has 1 saturated carbocycles. The van der Waals surface area contributed by atoms with E-state index in [1.54, 1.807) is 6.07 Å². The first-order valence-electron chi connectivity index (χ1n) is 8.98. The highest BCUT2D eigenvalue weighted by Gasteiger charge is 2.59. The zero-order valence-corrected chi connectivity index (χ0v) is 18.0. The highest BCUT2D eigenvalue weighted by Crippen LogP contribution is 2.52. The molecule has 0 bridgehead atoms. The van der Waals surface area contributed by atoms with Gasteiger partial charge in [-0.25, -0.2) is 8.78 Å². The number of hydrogen-bond donors (Lipinski definition) is 2. The Morgan fingerprint density at radius 2 is 2.08 bits per heavy atom. The first kappa shape index (κ1) is 21.3. The molecule has 1 aromatic rings. The lowest BCUT2D eigenvalue weighted by atomic mass is 9.57. The van der Waals surface area contributed by atoms with Gasteiger partial charge in [-0.15, -0.1) is 24.0 Å². The number of benzene rings is 1. The van der Waals surface area contributed by atoms with Gasteiger partial charge < -0.3 is 15.4 Å². The van der Waals surface area contributed by atoms with Crippen LogP contribution in [0.15, 0.2) is 23.2 Å². The molecule has 2 N–H and O–H groups in total. The Morgan fingerprint density at radius 1 is 1.35 bits per heavy atom. The number of fused-ring (bicyclic) bond motifs is 1. The molecule has 3 rings (SSSR count). The topological polar surface area (TPSA) is 45.7 Å². The van der Waals surface area contributed by atoms with E-state index in [1.165, 1.54) is 6.07 Å². The molecular weight excluding hydrogens is 451 g/mol. The molecule has 4 nitrogen and oxygen atoms in total. The van der Waals surface area contributed by atoms with E-state index in [0.717, 1.165) is 19.1 Å². The van der Waals surface area contributed by atoms with Crippen molar-refractivity contribution in [2.45, 2.75) is 52.3 Å². The van der Waals surface area contributed by atoms with Crippen molar-refractivity contribution >= 4 is 29.9 Å². The predicted molar refractivity (Wildman–Crippen MR) is 110 cm³/mol. The van der Waals surface area contributed by atoms with Gasteiger partial charge in [0.05, 0.1) is 12.1 Å². The van der Waals surface area contributed by atoms with Crippen LogP contribution in [0, 0.1) is 23.0 Å². The average molecular weight is 479 g/mol. The monoisotopic (exact) mass is 479 g/mol. The number of hydrogen-bond acceptors (Lipinski definition) is 2. The summed E-state index contributed by atoms with van der Waals surface area (Å²) >= 11 is 0. The lowest BCUT2D eigenvalue weighted by Gasteiger charge is -2.55. The molecule has 0 amide bonds. The fourth-order valence-electron chi connectivity index (χ4n) is 4.13. The van der Waals surface area contributed by atoms with E-state index in [0.29, 0.717) is 30.1 Å². The van der Waals surface area contributed by atoms with E-state index >= 15 is 0 Å². The number of nitrogens with one attached hydrogen (secondary N) is 2. The summed E-state index contributed by atoms with van der Waals surface area (Å²) in [5, 5.41) is 6.84. The van der Waals surface area contributed by atoms with Gasteiger partial charge in [-0.2, -0.15) is 0 Å². The van der Waals surface area contributed by atoms with Crippen molar-refractivity contribution < 1.29 is 13.5 Å². The molecule has 2 aliphatic rings. The van der Waals surface area contributed by atoms with Gasteiger partial charge in [-0.05, 0) is 38.0 Å². The zero-order chi connectivity index (χ0) is 18.2. The van der Waals surface area contributed by atoms with Gasteiger partial charge in [0, 0.05) is 30.5 Å². The fraction of sp³-hybridized carbons (Fsp3) is 0.632. The van der Waals surface area contributed by atoms with Crippen molar-refractivity contribution in [1.29, 1.82) is 0 Å². The van der Waals surface area contributed by atoms with E-state index in [2.05, 4.69) is 29.5 Å². The van der Waals surface area contributed by atoms with E-state index in [1.807, 2.05) is 13.8 Å². The summed E-state index contributed by atoms with van der Waals surface area (Å²) < 4.78 is 32.5. The molecule has 1 saturated heterocycles. The van der Waals surface area contributed by atoms with Crippen LogP contribution in [0.2, 0.25) is 0 Å². The van der Waals surface area contributed by atoms with Crippen LogP contribution in [-0.4, -0.2) is 31.3 Å². The third-order valence-corrected chi connectivity index (χ3v) is 5.51. The molecule has 1 aliphatic carbocycles. The Bertz CT molecular complexity index is 668. The van der Waals surface area contributed by atoms with Gasteiger partial charge in [0.1, 0.15) is 0 Å². The second-order valence-electron chi connectivity index (χ2n) is 7.55. The minimum atomic E-state index is -0.834. The van der Waals surface area contributed by atoms with Gasteiger partial charge in [0.2, 0.25) is 0 Å². The number of guanidine groups is 1. The van der Waals surface area contributed by atoms with Gasteiger partial charge >= 0.3 is 0 Å². The predicted octanol–water partition coefficient (Wildman–Crippen LogP) is 4.01. The van der Waals surface area contributed by atoms with E-state index < -0.39 is 11.6 Å². The zero-order valence-electron chi connectivity index (χ0n) is 15.7. The largest absolute Gasteiger partial charge is 0.377 e. The minimum absolute atomic E-state index is 0. The molecule has 7 heteroatoms. The van der Waals surface area contributed by atoms with E-state index in [-0.39, 0.29) is 41.5 Å². The third-order valence-electron chi connectivity index (χ3n) is 5.51. The molecule has 0 radical (unpaired) electrons. The summed E-state index contributed by atoms with van der Waals surface area (Å²) in [6.07, 6.45) is 1.36. The Kier molecular flexibility index (Phi) is 6.87. The standard InChI is InChI=1S/C19H27F2N3O.HI/c1-5-22-18(23-11(2)12-6-7-14(20)15(21)10-12)24-16-13-8-9-25-17(13)19(16,3)4;/h6-7,10-11,13,16-17H,5,8-9H2,1-4H3,(H2,22,23,24);1H. The second kappa shape index (κ2) is 8.37. The molecule has 0 aromatic heterocycles. The molecule has 1 aliphatic heterocycles. The summed E-state index contributed by atoms with van der Waals surface area (Å²) in [6.45, 7) is 9.75. The van der Waals surface area contributed by atoms with Gasteiger partial charge in [0.15, 0.2) is 17.6 Å². The maximum Gasteiger partial charge on any atom is 0.191 e. The maximum atomic E-state index is 13.5. The van der Waals surface area contributed by atoms with E-state index in [9.17, 15) is 8.78 Å². The Hall–Kier alpha value is -0.960. The summed E-state index contributed by atoms with van der Waals surface area (Å²) in [5.74, 6) is -0.472. The lowest BCUT2D eigenvalue weighted by Crippen LogP contribution is -2.68. The summed E-state index contributed by atoms with van der Waals surface area (Å²) in [5.41, 5.74) is 0.724. The average Bonchev–Trinajstić information content (AvgIpc) is 3.02. The molecule has 4 atom stereocenters. The lowest BCUT2D eigenvalue weighted by molar-refractivity contribution is -0.106. The Morgan fingerprint density at radius 3 is 2.73 bits per heavy atom. The van der Waals surface area contributed by atoms with E-state index in [4.69, 9.17) is 4.74 Å². The number of nitrogens with zero attached hydrogens (tertiary/aromatic N) is 1. The number of aliphatic imine (C=N–C) groups is 1. The molecule has 1 aromatic carbocycles. The SMILES string of the molecule is CCN=C(NC(C)c1ccc(F)c(F)c1)NC1C2CCOC2C1(C)C.I. The third kappa shape index (κ3) is 3.98. The van der Waals surface area contributed by atoms with Gasteiger partial charge in [-0.1, -0.05) is 19.9 Å². The smallest absolute Gasteiger partial charge is 0.191 e. The van der Waals surface area contributed by atoms with Crippen molar-refractivity contribution in [3.63, 3.8) is 0 Å². The second-order valence-corrected chi connectivity index (χ2v) is 7.55. The van der Waals surface area contributed by atoms with Crippen molar-refractivity contribution in [3.05, 3.63) is 35.4 Å². The highest BCUT2D eigenvalue weighted by molar-refractivity contribution is 14.0. The van der Waals surface area contributed by atoms with Crippen LogP contribution < -0.4 is 10.6 Å². The van der Waals surface area contributed by atoms with Crippen LogP contribution in [0.5, 0.6) is 0 Å². The molecule has 26 heavy (non-hydrogen) atoms. The molecule has 1 heterocycles. The van der Waals surface area contributed by atoms with Gasteiger partial charge in [0.25, 0.3) is 0 Å². The first-order chi connectivity index (χ1) is 11.8. The first-order valence-corrected chi connectivity index (χ1v) is 8.98. The van der Waals surface area contributed by atoms with Crippen LogP contribution >= 0.6 is 24.0 Å². The molecule has 2 fully saturated rings. The molecule has 0 spiro atoms. The van der Waals surface area contributed by atoms with Crippen LogP contribution in [0.1, 0.15) is 45.7 Å². The quantitative estimate of drug-likeness (QED) is 0.390. The Balaban J connectivity index is 0.00000243. The highest BCUT2D eigenvalue weighted by atomic mass is 127.